The van der Waals surface area contributed by atoms with E-state index in [9.17, 15) is 8.42 Å². The van der Waals surface area contributed by atoms with Crippen molar-refractivity contribution in [3.05, 3.63) is 18.3 Å². The number of hydrogen-bond donors (Lipinski definition) is 2. The van der Waals surface area contributed by atoms with Gasteiger partial charge in [-0.3, -0.25) is 0 Å². The third kappa shape index (κ3) is 5.83. The summed E-state index contributed by atoms with van der Waals surface area (Å²) in [5.41, 5.74) is 0. The van der Waals surface area contributed by atoms with Gasteiger partial charge in [0.05, 0.1) is 12.4 Å². The van der Waals surface area contributed by atoms with Crippen LogP contribution in [0.1, 0.15) is 19.8 Å². The van der Waals surface area contributed by atoms with E-state index in [4.69, 9.17) is 9.88 Å². The molecule has 0 aliphatic carbocycles. The zero-order valence-electron chi connectivity index (χ0n) is 10.4. The highest BCUT2D eigenvalue weighted by atomic mass is 32.2. The number of nitrogens with two attached hydrogens (primary N) is 1. The normalized spacial score (nSPS) is 11.2. The van der Waals surface area contributed by atoms with E-state index in [-0.39, 0.29) is 5.75 Å². The third-order valence-electron chi connectivity index (χ3n) is 2.13. The number of primary sulfonamides is 1. The number of anilines is 1. The molecule has 7 heteroatoms. The predicted molar refractivity (Wildman–Crippen MR) is 71.1 cm³/mol. The second kappa shape index (κ2) is 7.17. The second-order valence-electron chi connectivity index (χ2n) is 3.85. The van der Waals surface area contributed by atoms with E-state index in [1.54, 1.807) is 12.3 Å². The fourth-order valence-corrected chi connectivity index (χ4v) is 1.88. The summed E-state index contributed by atoms with van der Waals surface area (Å²) in [7, 11) is -3.39. The SMILES string of the molecule is CCCOc1cccnc1NCCCS(N)(=O)=O. The number of sulfonamides is 1. The predicted octanol–water partition coefficient (Wildman–Crippen LogP) is 0.961. The summed E-state index contributed by atoms with van der Waals surface area (Å²) >= 11 is 0. The summed E-state index contributed by atoms with van der Waals surface area (Å²) in [6, 6.07) is 3.62. The van der Waals surface area contributed by atoms with Gasteiger partial charge in [-0.05, 0) is 25.0 Å². The van der Waals surface area contributed by atoms with Crippen LogP contribution >= 0.6 is 0 Å². The molecule has 0 bridgehead atoms. The number of hydrogen-bond acceptors (Lipinski definition) is 5. The van der Waals surface area contributed by atoms with E-state index >= 15 is 0 Å². The van der Waals surface area contributed by atoms with Crippen molar-refractivity contribution in [3.63, 3.8) is 0 Å². The van der Waals surface area contributed by atoms with Crippen molar-refractivity contribution < 1.29 is 13.2 Å². The van der Waals surface area contributed by atoms with Crippen LogP contribution in [-0.4, -0.2) is 32.3 Å². The molecule has 0 saturated heterocycles. The summed E-state index contributed by atoms with van der Waals surface area (Å²) in [5, 5.41) is 7.95. The molecule has 3 N–H and O–H groups in total. The molecule has 6 nitrogen and oxygen atoms in total. The van der Waals surface area contributed by atoms with Crippen molar-refractivity contribution in [3.8, 4) is 5.75 Å². The van der Waals surface area contributed by atoms with Gasteiger partial charge in [0.25, 0.3) is 0 Å². The number of ether oxygens (including phenoxy) is 1. The molecule has 0 aliphatic heterocycles. The van der Waals surface area contributed by atoms with Crippen LogP contribution in [-0.2, 0) is 10.0 Å². The van der Waals surface area contributed by atoms with Gasteiger partial charge in [0.1, 0.15) is 0 Å². The first kappa shape index (κ1) is 14.7. The Morgan fingerprint density at radius 1 is 1.50 bits per heavy atom. The highest BCUT2D eigenvalue weighted by Gasteiger charge is 2.05. The van der Waals surface area contributed by atoms with E-state index in [2.05, 4.69) is 10.3 Å². The molecule has 1 rings (SSSR count). The van der Waals surface area contributed by atoms with E-state index in [0.29, 0.717) is 31.1 Å². The molecule has 102 valence electrons. The van der Waals surface area contributed by atoms with Gasteiger partial charge >= 0.3 is 0 Å². The Labute approximate surface area is 108 Å². The van der Waals surface area contributed by atoms with Gasteiger partial charge in [0.2, 0.25) is 10.0 Å². The summed E-state index contributed by atoms with van der Waals surface area (Å²) in [5.74, 6) is 1.26. The lowest BCUT2D eigenvalue weighted by molar-refractivity contribution is 0.318. The van der Waals surface area contributed by atoms with Crippen molar-refractivity contribution >= 4 is 15.8 Å². The molecule has 1 aromatic heterocycles. The lowest BCUT2D eigenvalue weighted by Crippen LogP contribution is -2.19. The average Bonchev–Trinajstić information content (AvgIpc) is 2.32. The Kier molecular flexibility index (Phi) is 5.87. The maximum Gasteiger partial charge on any atom is 0.209 e. The summed E-state index contributed by atoms with van der Waals surface area (Å²) < 4.78 is 27.0. The first-order chi connectivity index (χ1) is 8.53. The smallest absolute Gasteiger partial charge is 0.209 e. The Bertz CT molecular complexity index is 462. The lowest BCUT2D eigenvalue weighted by atomic mass is 10.4. The van der Waals surface area contributed by atoms with E-state index in [1.807, 2.05) is 13.0 Å². The molecule has 1 heterocycles. The molecule has 0 saturated carbocycles. The van der Waals surface area contributed by atoms with Gasteiger partial charge < -0.3 is 10.1 Å². The maximum absolute atomic E-state index is 10.8. The molecule has 0 aliphatic rings. The zero-order valence-corrected chi connectivity index (χ0v) is 11.2. The molecule has 0 atom stereocenters. The lowest BCUT2D eigenvalue weighted by Gasteiger charge is -2.11. The second-order valence-corrected chi connectivity index (χ2v) is 5.58. The minimum atomic E-state index is -3.39. The Hall–Kier alpha value is -1.34. The van der Waals surface area contributed by atoms with E-state index < -0.39 is 10.0 Å². The van der Waals surface area contributed by atoms with Crippen LogP contribution in [0.3, 0.4) is 0 Å². The van der Waals surface area contributed by atoms with Crippen LogP contribution in [0.15, 0.2) is 18.3 Å². The minimum absolute atomic E-state index is 0.0437. The molecular weight excluding hydrogens is 254 g/mol. The van der Waals surface area contributed by atoms with Gasteiger partial charge in [0, 0.05) is 12.7 Å². The van der Waals surface area contributed by atoms with Gasteiger partial charge in [0.15, 0.2) is 11.6 Å². The monoisotopic (exact) mass is 273 g/mol. The fraction of sp³-hybridized carbons (Fsp3) is 0.545. The molecule has 0 spiro atoms. The Morgan fingerprint density at radius 2 is 2.28 bits per heavy atom. The van der Waals surface area contributed by atoms with Crippen LogP contribution in [0.4, 0.5) is 5.82 Å². The quantitative estimate of drug-likeness (QED) is 0.688. The number of nitrogens with one attached hydrogen (secondary N) is 1. The van der Waals surface area contributed by atoms with Gasteiger partial charge in [-0.1, -0.05) is 6.92 Å². The number of nitrogens with zero attached hydrogens (tertiary/aromatic N) is 1. The van der Waals surface area contributed by atoms with Crippen LogP contribution < -0.4 is 15.2 Å². The van der Waals surface area contributed by atoms with Crippen molar-refractivity contribution in [2.45, 2.75) is 19.8 Å². The minimum Gasteiger partial charge on any atom is -0.490 e. The molecule has 0 unspecified atom stereocenters. The van der Waals surface area contributed by atoms with Crippen molar-refractivity contribution in [2.24, 2.45) is 5.14 Å². The van der Waals surface area contributed by atoms with E-state index in [0.717, 1.165) is 6.42 Å². The molecule has 0 amide bonds. The molecule has 0 fully saturated rings. The van der Waals surface area contributed by atoms with Gasteiger partial charge in [-0.15, -0.1) is 0 Å². The molecule has 0 aromatic carbocycles. The molecule has 18 heavy (non-hydrogen) atoms. The molecule has 0 radical (unpaired) electrons. The standard InChI is InChI=1S/C11H19N3O3S/c1-2-8-17-10-5-3-6-13-11(10)14-7-4-9-18(12,15)16/h3,5-6H,2,4,7-9H2,1H3,(H,13,14)(H2,12,15,16). The van der Waals surface area contributed by atoms with Crippen LogP contribution in [0.25, 0.3) is 0 Å². The van der Waals surface area contributed by atoms with Crippen LogP contribution in [0.2, 0.25) is 0 Å². The van der Waals surface area contributed by atoms with Crippen LogP contribution in [0.5, 0.6) is 5.75 Å². The summed E-state index contributed by atoms with van der Waals surface area (Å²) in [6.45, 7) is 3.13. The average molecular weight is 273 g/mol. The van der Waals surface area contributed by atoms with Crippen LogP contribution in [0, 0.1) is 0 Å². The maximum atomic E-state index is 10.8. The largest absolute Gasteiger partial charge is 0.490 e. The Morgan fingerprint density at radius 3 is 2.94 bits per heavy atom. The number of rotatable bonds is 8. The summed E-state index contributed by atoms with van der Waals surface area (Å²) in [4.78, 5) is 4.15. The number of pyridine rings is 1. The summed E-state index contributed by atoms with van der Waals surface area (Å²) in [6.07, 6.45) is 3.00. The highest BCUT2D eigenvalue weighted by molar-refractivity contribution is 7.89. The third-order valence-corrected chi connectivity index (χ3v) is 2.99. The van der Waals surface area contributed by atoms with Gasteiger partial charge in [-0.25, -0.2) is 18.5 Å². The van der Waals surface area contributed by atoms with Crippen molar-refractivity contribution in [1.29, 1.82) is 0 Å². The fourth-order valence-electron chi connectivity index (χ4n) is 1.33. The number of aromatic nitrogens is 1. The molecular formula is C11H19N3O3S. The highest BCUT2D eigenvalue weighted by Crippen LogP contribution is 2.20. The van der Waals surface area contributed by atoms with Gasteiger partial charge in [-0.2, -0.15) is 0 Å². The van der Waals surface area contributed by atoms with Crippen molar-refractivity contribution in [1.82, 2.24) is 4.98 Å². The Balaban J connectivity index is 2.46. The topological polar surface area (TPSA) is 94.3 Å². The zero-order chi connectivity index (χ0) is 13.4. The first-order valence-electron chi connectivity index (χ1n) is 5.85. The van der Waals surface area contributed by atoms with Crippen molar-refractivity contribution in [2.75, 3.05) is 24.2 Å². The molecule has 1 aromatic rings. The van der Waals surface area contributed by atoms with E-state index in [1.165, 1.54) is 0 Å². The first-order valence-corrected chi connectivity index (χ1v) is 7.56.